The molecule has 37 heavy (non-hydrogen) atoms. The van der Waals surface area contributed by atoms with Crippen LogP contribution >= 0.6 is 0 Å². The number of benzene rings is 2. The third-order valence-electron chi connectivity index (χ3n) is 7.62. The number of likely N-dealkylation sites (tertiary alicyclic amines) is 1. The molecule has 1 amide bonds. The molecule has 0 saturated carbocycles. The van der Waals surface area contributed by atoms with Crippen molar-refractivity contribution < 1.29 is 4.79 Å². The molecule has 1 aliphatic heterocycles. The number of aromatic amines is 1. The second kappa shape index (κ2) is 9.48. The van der Waals surface area contributed by atoms with Gasteiger partial charge in [0.1, 0.15) is 5.65 Å². The van der Waals surface area contributed by atoms with Crippen molar-refractivity contribution in [2.75, 3.05) is 34.2 Å². The Morgan fingerprint density at radius 1 is 1.00 bits per heavy atom. The van der Waals surface area contributed by atoms with Crippen LogP contribution in [0.4, 0.5) is 0 Å². The van der Waals surface area contributed by atoms with Crippen LogP contribution in [0.15, 0.2) is 67.1 Å². The molecule has 1 saturated heterocycles. The largest absolute Gasteiger partial charge is 0.346 e. The van der Waals surface area contributed by atoms with Gasteiger partial charge in [-0.25, -0.2) is 4.98 Å². The standard InChI is InChI=1S/C30H32N6O/c1-34(2)30(37)22-6-4-21(5-7-22)27-18-32-29-26(27)15-24(16-31-29)23-8-9-28-25(14-23)17-33-36(28)19-20-10-12-35(3)13-11-20/h4-9,14-18,20H,10-13,19H2,1-3H3,(H,31,32). The monoisotopic (exact) mass is 492 g/mol. The van der Waals surface area contributed by atoms with Crippen LogP contribution in [-0.2, 0) is 6.54 Å². The van der Waals surface area contributed by atoms with Crippen LogP contribution in [0, 0.1) is 5.92 Å². The van der Waals surface area contributed by atoms with Crippen molar-refractivity contribution in [3.63, 3.8) is 0 Å². The van der Waals surface area contributed by atoms with Gasteiger partial charge in [0.25, 0.3) is 5.91 Å². The summed E-state index contributed by atoms with van der Waals surface area (Å²) < 4.78 is 2.17. The number of rotatable bonds is 5. The molecular formula is C30H32N6O. The van der Waals surface area contributed by atoms with E-state index in [1.165, 1.54) is 31.4 Å². The predicted octanol–water partition coefficient (Wildman–Crippen LogP) is 5.29. The minimum absolute atomic E-state index is 0.000473. The van der Waals surface area contributed by atoms with Crippen LogP contribution in [0.3, 0.4) is 0 Å². The quantitative estimate of drug-likeness (QED) is 0.362. The van der Waals surface area contributed by atoms with Crippen molar-refractivity contribution in [1.29, 1.82) is 0 Å². The Kier molecular flexibility index (Phi) is 6.00. The van der Waals surface area contributed by atoms with Crippen molar-refractivity contribution in [1.82, 2.24) is 29.5 Å². The number of nitrogens with one attached hydrogen (secondary N) is 1. The molecule has 7 nitrogen and oxygen atoms in total. The fraction of sp³-hybridized carbons (Fsp3) is 0.300. The molecule has 0 radical (unpaired) electrons. The maximum atomic E-state index is 12.3. The molecule has 1 N–H and O–H groups in total. The highest BCUT2D eigenvalue weighted by Gasteiger charge is 2.18. The highest BCUT2D eigenvalue weighted by atomic mass is 16.2. The summed E-state index contributed by atoms with van der Waals surface area (Å²) in [4.78, 5) is 24.3. The second-order valence-electron chi connectivity index (χ2n) is 10.4. The topological polar surface area (TPSA) is 70.0 Å². The minimum atomic E-state index is -0.000473. The number of hydrogen-bond acceptors (Lipinski definition) is 4. The summed E-state index contributed by atoms with van der Waals surface area (Å²) in [5, 5.41) is 6.94. The normalized spacial score (nSPS) is 15.0. The molecule has 5 aromatic rings. The van der Waals surface area contributed by atoms with Gasteiger partial charge in [-0.2, -0.15) is 5.10 Å². The molecule has 7 heteroatoms. The maximum absolute atomic E-state index is 12.3. The Labute approximate surface area is 216 Å². The van der Waals surface area contributed by atoms with Crippen molar-refractivity contribution in [2.45, 2.75) is 19.4 Å². The fourth-order valence-corrected chi connectivity index (χ4v) is 5.35. The third kappa shape index (κ3) is 4.51. The lowest BCUT2D eigenvalue weighted by atomic mass is 9.97. The highest BCUT2D eigenvalue weighted by Crippen LogP contribution is 2.32. The summed E-state index contributed by atoms with van der Waals surface area (Å²) in [5.41, 5.74) is 7.02. The number of carbonyl (C=O) groups is 1. The van der Waals surface area contributed by atoms with E-state index in [9.17, 15) is 4.79 Å². The number of pyridine rings is 1. The van der Waals surface area contributed by atoms with Gasteiger partial charge >= 0.3 is 0 Å². The summed E-state index contributed by atoms with van der Waals surface area (Å²) in [7, 11) is 5.73. The molecule has 0 aliphatic carbocycles. The van der Waals surface area contributed by atoms with Crippen molar-refractivity contribution >= 4 is 27.8 Å². The van der Waals surface area contributed by atoms with Gasteiger partial charge < -0.3 is 14.8 Å². The van der Waals surface area contributed by atoms with E-state index in [0.717, 1.165) is 45.2 Å². The lowest BCUT2D eigenvalue weighted by molar-refractivity contribution is 0.0827. The molecule has 0 atom stereocenters. The molecule has 3 aromatic heterocycles. The predicted molar refractivity (Wildman–Crippen MR) is 148 cm³/mol. The molecule has 4 heterocycles. The van der Waals surface area contributed by atoms with Crippen LogP contribution in [0.5, 0.6) is 0 Å². The number of nitrogens with zero attached hydrogens (tertiary/aromatic N) is 5. The van der Waals surface area contributed by atoms with Gasteiger partial charge in [-0.15, -0.1) is 0 Å². The third-order valence-corrected chi connectivity index (χ3v) is 7.62. The van der Waals surface area contributed by atoms with E-state index in [2.05, 4.69) is 45.9 Å². The summed E-state index contributed by atoms with van der Waals surface area (Å²) >= 11 is 0. The number of fused-ring (bicyclic) bond motifs is 2. The van der Waals surface area contributed by atoms with Crippen molar-refractivity contribution in [3.8, 4) is 22.3 Å². The van der Waals surface area contributed by atoms with Gasteiger partial charge in [0, 0.05) is 60.5 Å². The number of carbonyl (C=O) groups excluding carboxylic acids is 1. The fourth-order valence-electron chi connectivity index (χ4n) is 5.35. The number of piperidine rings is 1. The van der Waals surface area contributed by atoms with Crippen LogP contribution in [0.25, 0.3) is 44.2 Å². The molecule has 0 spiro atoms. The number of hydrogen-bond donors (Lipinski definition) is 1. The van der Waals surface area contributed by atoms with Gasteiger partial charge in [0.05, 0.1) is 11.7 Å². The molecule has 1 fully saturated rings. The Bertz CT molecular complexity index is 1570. The van der Waals surface area contributed by atoms with E-state index in [4.69, 9.17) is 10.1 Å². The summed E-state index contributed by atoms with van der Waals surface area (Å²) in [6, 6.07) is 16.5. The molecule has 0 bridgehead atoms. The zero-order valence-electron chi connectivity index (χ0n) is 21.6. The molecule has 2 aromatic carbocycles. The molecule has 1 aliphatic rings. The first-order chi connectivity index (χ1) is 18.0. The van der Waals surface area contributed by atoms with E-state index < -0.39 is 0 Å². The van der Waals surface area contributed by atoms with Crippen molar-refractivity contribution in [3.05, 3.63) is 72.7 Å². The van der Waals surface area contributed by atoms with E-state index >= 15 is 0 Å². The van der Waals surface area contributed by atoms with Gasteiger partial charge in [0.15, 0.2) is 0 Å². The number of amides is 1. The summed E-state index contributed by atoms with van der Waals surface area (Å²) in [6.45, 7) is 3.32. The lowest BCUT2D eigenvalue weighted by Crippen LogP contribution is -2.32. The minimum Gasteiger partial charge on any atom is -0.346 e. The van der Waals surface area contributed by atoms with Gasteiger partial charge in [0.2, 0.25) is 0 Å². The Hall–Kier alpha value is -3.97. The number of H-pyrrole nitrogens is 1. The summed E-state index contributed by atoms with van der Waals surface area (Å²) in [5.74, 6) is 0.687. The SMILES string of the molecule is CN1CCC(Cn2ncc3cc(-c4cnc5[nH]cc(-c6ccc(C(=O)N(C)C)cc6)c5c4)ccc32)CC1. The highest BCUT2D eigenvalue weighted by molar-refractivity contribution is 5.98. The molecule has 6 rings (SSSR count). The van der Waals surface area contributed by atoms with Gasteiger partial charge in [-0.05, 0) is 80.4 Å². The van der Waals surface area contributed by atoms with Crippen LogP contribution < -0.4 is 0 Å². The van der Waals surface area contributed by atoms with Gasteiger partial charge in [-0.1, -0.05) is 18.2 Å². The molecule has 0 unspecified atom stereocenters. The average molecular weight is 493 g/mol. The first-order valence-electron chi connectivity index (χ1n) is 12.9. The van der Waals surface area contributed by atoms with E-state index in [0.29, 0.717) is 11.5 Å². The zero-order chi connectivity index (χ0) is 25.5. The van der Waals surface area contributed by atoms with Gasteiger partial charge in [-0.3, -0.25) is 9.48 Å². The van der Waals surface area contributed by atoms with E-state index in [1.807, 2.05) is 42.9 Å². The Morgan fingerprint density at radius 2 is 1.76 bits per heavy atom. The first-order valence-corrected chi connectivity index (χ1v) is 12.9. The van der Waals surface area contributed by atoms with Crippen LogP contribution in [0.2, 0.25) is 0 Å². The van der Waals surface area contributed by atoms with E-state index in [-0.39, 0.29) is 5.91 Å². The van der Waals surface area contributed by atoms with E-state index in [1.54, 1.807) is 19.0 Å². The smallest absolute Gasteiger partial charge is 0.253 e. The van der Waals surface area contributed by atoms with Crippen LogP contribution in [0.1, 0.15) is 23.2 Å². The first kappa shape index (κ1) is 23.4. The zero-order valence-corrected chi connectivity index (χ0v) is 21.6. The van der Waals surface area contributed by atoms with Crippen molar-refractivity contribution in [2.24, 2.45) is 5.92 Å². The second-order valence-corrected chi connectivity index (χ2v) is 10.4. The lowest BCUT2D eigenvalue weighted by Gasteiger charge is -2.28. The Morgan fingerprint density at radius 3 is 2.51 bits per heavy atom. The van der Waals surface area contributed by atoms with Crippen LogP contribution in [-0.4, -0.2) is 69.7 Å². The number of aromatic nitrogens is 4. The average Bonchev–Trinajstić information content (AvgIpc) is 3.53. The molecular weight excluding hydrogens is 460 g/mol. The maximum Gasteiger partial charge on any atom is 0.253 e. The Balaban J connectivity index is 1.28. The molecule has 188 valence electrons. The summed E-state index contributed by atoms with van der Waals surface area (Å²) in [6.07, 6.45) is 8.36.